The molecule has 4 aliphatic carbocycles. The lowest BCUT2D eigenvalue weighted by Gasteiger charge is -2.70. The highest BCUT2D eigenvalue weighted by Crippen LogP contribution is 2.60. The molecule has 0 radical (unpaired) electrons. The van der Waals surface area contributed by atoms with E-state index in [9.17, 15) is 27.9 Å². The standard InChI is InChI=1S/C21H22ClF3N2O5/c22-11-1-2-15-13(5-11)14(28)6-16(31-15)18(30)27-20-7-19(8-20,9-20)26-17(29)10-3-12(4-10)32-21(23,24)25/h1-2,5,10,12,14,16,28H,3-4,6-9H2,(H,26,29)(H,27,30)/t10?,12?,14-,16-,19?,20?/m1/s1. The minimum absolute atomic E-state index is 0.0529. The third-order valence-corrected chi connectivity index (χ3v) is 7.14. The zero-order chi connectivity index (χ0) is 22.9. The van der Waals surface area contributed by atoms with Gasteiger partial charge in [0.15, 0.2) is 6.10 Å². The van der Waals surface area contributed by atoms with Gasteiger partial charge in [0.25, 0.3) is 5.91 Å². The first-order valence-electron chi connectivity index (χ1n) is 10.5. The lowest BCUT2D eigenvalue weighted by atomic mass is 9.44. The second kappa shape index (κ2) is 7.23. The highest BCUT2D eigenvalue weighted by atomic mass is 35.5. The molecular weight excluding hydrogens is 453 g/mol. The van der Waals surface area contributed by atoms with Crippen LogP contribution >= 0.6 is 11.6 Å². The fraction of sp³-hybridized carbons (Fsp3) is 0.619. The predicted octanol–water partition coefficient (Wildman–Crippen LogP) is 2.75. The first-order chi connectivity index (χ1) is 14.9. The number of amides is 2. The molecule has 4 fully saturated rings. The number of fused-ring (bicyclic) bond motifs is 1. The van der Waals surface area contributed by atoms with Gasteiger partial charge in [0.2, 0.25) is 5.91 Å². The van der Waals surface area contributed by atoms with Crippen LogP contribution in [0.15, 0.2) is 18.2 Å². The van der Waals surface area contributed by atoms with Crippen molar-refractivity contribution in [1.82, 2.24) is 10.6 Å². The fourth-order valence-corrected chi connectivity index (χ4v) is 5.58. The number of nitrogens with one attached hydrogen (secondary N) is 2. The zero-order valence-corrected chi connectivity index (χ0v) is 17.6. The zero-order valence-electron chi connectivity index (χ0n) is 16.9. The Kier molecular flexibility index (Phi) is 4.92. The summed E-state index contributed by atoms with van der Waals surface area (Å²) in [6.07, 6.45) is -5.43. The molecule has 4 saturated carbocycles. The van der Waals surface area contributed by atoms with E-state index < -0.39 is 41.7 Å². The Morgan fingerprint density at radius 1 is 1.09 bits per heavy atom. The van der Waals surface area contributed by atoms with Crippen molar-refractivity contribution in [1.29, 1.82) is 0 Å². The third kappa shape index (κ3) is 3.92. The van der Waals surface area contributed by atoms with Gasteiger partial charge in [-0.25, -0.2) is 0 Å². The summed E-state index contributed by atoms with van der Waals surface area (Å²) < 4.78 is 46.3. The molecule has 1 aromatic carbocycles. The summed E-state index contributed by atoms with van der Waals surface area (Å²) in [4.78, 5) is 25.1. The lowest BCUT2D eigenvalue weighted by molar-refractivity contribution is -0.353. The van der Waals surface area contributed by atoms with Crippen LogP contribution in [0.25, 0.3) is 0 Å². The van der Waals surface area contributed by atoms with Gasteiger partial charge in [-0.2, -0.15) is 0 Å². The van der Waals surface area contributed by atoms with Crippen LogP contribution in [-0.2, 0) is 14.3 Å². The van der Waals surface area contributed by atoms with E-state index in [0.29, 0.717) is 35.6 Å². The van der Waals surface area contributed by atoms with Gasteiger partial charge in [0.05, 0.1) is 12.2 Å². The molecule has 2 atom stereocenters. The van der Waals surface area contributed by atoms with Crippen molar-refractivity contribution in [2.75, 3.05) is 0 Å². The summed E-state index contributed by atoms with van der Waals surface area (Å²) in [6.45, 7) is 0. The molecule has 2 amide bonds. The molecule has 0 saturated heterocycles. The minimum Gasteiger partial charge on any atom is -0.480 e. The first kappa shape index (κ1) is 21.8. The maximum absolute atomic E-state index is 12.7. The molecule has 3 N–H and O–H groups in total. The summed E-state index contributed by atoms with van der Waals surface area (Å²) in [5.41, 5.74) is -0.274. The Bertz CT molecular complexity index is 945. The van der Waals surface area contributed by atoms with Crippen molar-refractivity contribution in [2.45, 2.75) is 74.3 Å². The van der Waals surface area contributed by atoms with Crippen molar-refractivity contribution in [3.63, 3.8) is 0 Å². The van der Waals surface area contributed by atoms with Crippen LogP contribution in [0.3, 0.4) is 0 Å². The number of alkyl halides is 3. The molecule has 11 heteroatoms. The number of benzene rings is 1. The number of hydrogen-bond donors (Lipinski definition) is 3. The number of carbonyl (C=O) groups excluding carboxylic acids is 2. The second-order valence-electron chi connectivity index (χ2n) is 9.46. The van der Waals surface area contributed by atoms with Gasteiger partial charge in [-0.3, -0.25) is 14.3 Å². The minimum atomic E-state index is -4.68. The quantitative estimate of drug-likeness (QED) is 0.610. The van der Waals surface area contributed by atoms with Gasteiger partial charge in [-0.1, -0.05) is 11.6 Å². The van der Waals surface area contributed by atoms with E-state index in [0.717, 1.165) is 0 Å². The largest absolute Gasteiger partial charge is 0.522 e. The number of aliphatic hydroxyl groups excluding tert-OH is 1. The van der Waals surface area contributed by atoms with Crippen LogP contribution in [0.5, 0.6) is 5.75 Å². The van der Waals surface area contributed by atoms with Crippen molar-refractivity contribution in [2.24, 2.45) is 5.92 Å². The van der Waals surface area contributed by atoms with E-state index in [-0.39, 0.29) is 31.1 Å². The first-order valence-corrected chi connectivity index (χ1v) is 10.9. The molecule has 0 aromatic heterocycles. The van der Waals surface area contributed by atoms with E-state index in [4.69, 9.17) is 16.3 Å². The molecule has 5 aliphatic rings. The summed E-state index contributed by atoms with van der Waals surface area (Å²) in [6, 6.07) is 4.86. The number of ether oxygens (including phenoxy) is 2. The highest BCUT2D eigenvalue weighted by Gasteiger charge is 2.69. The molecule has 174 valence electrons. The fourth-order valence-electron chi connectivity index (χ4n) is 5.40. The van der Waals surface area contributed by atoms with Gasteiger partial charge in [-0.05, 0) is 50.3 Å². The van der Waals surface area contributed by atoms with Crippen molar-refractivity contribution in [3.05, 3.63) is 28.8 Å². The Balaban J connectivity index is 1.09. The Morgan fingerprint density at radius 2 is 1.72 bits per heavy atom. The number of rotatable bonds is 5. The van der Waals surface area contributed by atoms with E-state index in [1.807, 2.05) is 0 Å². The second-order valence-corrected chi connectivity index (χ2v) is 9.90. The van der Waals surface area contributed by atoms with Crippen molar-refractivity contribution < 1.29 is 37.3 Å². The van der Waals surface area contributed by atoms with Gasteiger partial charge in [0, 0.05) is 34.0 Å². The molecule has 0 unspecified atom stereocenters. The van der Waals surface area contributed by atoms with Gasteiger partial charge < -0.3 is 20.5 Å². The van der Waals surface area contributed by atoms with Crippen LogP contribution < -0.4 is 15.4 Å². The maximum atomic E-state index is 12.7. The highest BCUT2D eigenvalue weighted by molar-refractivity contribution is 6.30. The van der Waals surface area contributed by atoms with Gasteiger partial charge in [-0.15, -0.1) is 13.2 Å². The molecule has 0 spiro atoms. The summed E-state index contributed by atoms with van der Waals surface area (Å²) in [7, 11) is 0. The number of hydrogen-bond acceptors (Lipinski definition) is 5. The van der Waals surface area contributed by atoms with Gasteiger partial charge in [0.1, 0.15) is 5.75 Å². The normalized spacial score (nSPS) is 37.0. The lowest BCUT2D eigenvalue weighted by Crippen LogP contribution is -2.84. The number of carbonyl (C=O) groups is 2. The van der Waals surface area contributed by atoms with E-state index in [1.54, 1.807) is 18.2 Å². The molecule has 6 rings (SSSR count). The Morgan fingerprint density at radius 3 is 2.34 bits per heavy atom. The molecule has 1 heterocycles. The van der Waals surface area contributed by atoms with Gasteiger partial charge >= 0.3 is 6.36 Å². The van der Waals surface area contributed by atoms with E-state index >= 15 is 0 Å². The predicted molar refractivity (Wildman–Crippen MR) is 105 cm³/mol. The van der Waals surface area contributed by atoms with Crippen LogP contribution in [0.2, 0.25) is 5.02 Å². The Hall–Kier alpha value is -2.04. The van der Waals surface area contributed by atoms with E-state index in [1.165, 1.54) is 0 Å². The summed E-state index contributed by atoms with van der Waals surface area (Å²) in [5, 5.41) is 16.7. The van der Waals surface area contributed by atoms with Crippen LogP contribution in [0.1, 0.15) is 50.2 Å². The smallest absolute Gasteiger partial charge is 0.480 e. The molecule has 2 bridgehead atoms. The maximum Gasteiger partial charge on any atom is 0.522 e. The molecular formula is C21H22ClF3N2O5. The topological polar surface area (TPSA) is 96.9 Å². The molecule has 32 heavy (non-hydrogen) atoms. The summed E-state index contributed by atoms with van der Waals surface area (Å²) in [5.74, 6) is -0.647. The number of aliphatic hydroxyl groups is 1. The molecule has 7 nitrogen and oxygen atoms in total. The monoisotopic (exact) mass is 474 g/mol. The average Bonchev–Trinajstić information content (AvgIpc) is 2.61. The van der Waals surface area contributed by atoms with Crippen LogP contribution in [0, 0.1) is 5.92 Å². The van der Waals surface area contributed by atoms with E-state index in [2.05, 4.69) is 15.4 Å². The molecule has 1 aliphatic heterocycles. The summed E-state index contributed by atoms with van der Waals surface area (Å²) >= 11 is 5.95. The van der Waals surface area contributed by atoms with Crippen LogP contribution in [-0.4, -0.2) is 46.6 Å². The third-order valence-electron chi connectivity index (χ3n) is 6.90. The number of halogens is 4. The molecule has 1 aromatic rings. The Labute approximate surface area is 186 Å². The average molecular weight is 475 g/mol. The van der Waals surface area contributed by atoms with Crippen molar-refractivity contribution >= 4 is 23.4 Å². The van der Waals surface area contributed by atoms with Crippen molar-refractivity contribution in [3.8, 4) is 5.75 Å². The SMILES string of the molecule is O=C(NC12CC(NC(=O)[C@H]3C[C@@H](O)c4cc(Cl)ccc4O3)(C1)C2)C1CC(OC(F)(F)F)C1. The van der Waals surface area contributed by atoms with Crippen LogP contribution in [0.4, 0.5) is 13.2 Å².